The maximum atomic E-state index is 14.4. The zero-order chi connectivity index (χ0) is 24.1. The van der Waals surface area contributed by atoms with E-state index in [0.29, 0.717) is 12.1 Å². The van der Waals surface area contributed by atoms with Crippen LogP contribution < -0.4 is 5.32 Å². The minimum Gasteiger partial charge on any atom is -0.310 e. The lowest BCUT2D eigenvalue weighted by Gasteiger charge is -2.31. The molecule has 0 saturated carbocycles. The van der Waals surface area contributed by atoms with Gasteiger partial charge in [0.25, 0.3) is 0 Å². The van der Waals surface area contributed by atoms with Gasteiger partial charge in [-0.3, -0.25) is 0 Å². The van der Waals surface area contributed by atoms with E-state index in [-0.39, 0.29) is 5.69 Å². The zero-order valence-corrected chi connectivity index (χ0v) is 19.5. The van der Waals surface area contributed by atoms with Gasteiger partial charge in [-0.1, -0.05) is 12.1 Å². The monoisotopic (exact) mass is 493 g/mol. The molecule has 1 N–H and O–H groups in total. The Labute approximate surface area is 204 Å². The Kier molecular flexibility index (Phi) is 5.40. The van der Waals surface area contributed by atoms with Gasteiger partial charge >= 0.3 is 6.03 Å². The normalized spacial score (nSPS) is 16.8. The number of halogens is 3. The van der Waals surface area contributed by atoms with E-state index in [1.807, 2.05) is 18.3 Å². The summed E-state index contributed by atoms with van der Waals surface area (Å²) in [6.07, 6.45) is 6.18. The SMILES string of the molecule is O=C(Nc1ccc(F)cc1F)N1Cc2c(sc3c2CCCC3)-n2cccc2[C@@H]1c1cccc(F)c1. The third-order valence-electron chi connectivity index (χ3n) is 6.78. The number of thiophene rings is 1. The lowest BCUT2D eigenvalue weighted by Crippen LogP contribution is -2.38. The third kappa shape index (κ3) is 3.82. The predicted octanol–water partition coefficient (Wildman–Crippen LogP) is 6.97. The Morgan fingerprint density at radius 2 is 1.77 bits per heavy atom. The van der Waals surface area contributed by atoms with E-state index in [2.05, 4.69) is 9.88 Å². The standard InChI is InChI=1S/C27H22F3N3OS/c28-17-6-3-5-16(13-17)25-23-8-4-12-32(23)26-20(19-7-1-2-9-24(19)35-26)15-33(25)27(34)31-22-11-10-18(29)14-21(22)30/h3-6,8,10-14,25H,1-2,7,9,15H2,(H,31,34)/t25-/m0/s1. The van der Waals surface area contributed by atoms with Crippen molar-refractivity contribution < 1.29 is 18.0 Å². The fraction of sp³-hybridized carbons (Fsp3) is 0.222. The molecule has 2 aromatic carbocycles. The first-order valence-corrected chi connectivity index (χ1v) is 12.4. The van der Waals surface area contributed by atoms with Gasteiger partial charge in [0, 0.05) is 22.7 Å². The molecule has 178 valence electrons. The summed E-state index contributed by atoms with van der Waals surface area (Å²) in [5, 5.41) is 3.69. The second-order valence-corrected chi connectivity index (χ2v) is 10.0. The molecule has 4 nitrogen and oxygen atoms in total. The van der Waals surface area contributed by atoms with E-state index in [1.165, 1.54) is 28.6 Å². The van der Waals surface area contributed by atoms with Gasteiger partial charge in [-0.15, -0.1) is 11.3 Å². The van der Waals surface area contributed by atoms with Gasteiger partial charge in [0.1, 0.15) is 22.5 Å². The van der Waals surface area contributed by atoms with Crippen LogP contribution in [0.4, 0.5) is 23.7 Å². The maximum absolute atomic E-state index is 14.4. The van der Waals surface area contributed by atoms with E-state index in [1.54, 1.807) is 28.4 Å². The molecule has 3 heterocycles. The smallest absolute Gasteiger partial charge is 0.310 e. The zero-order valence-electron chi connectivity index (χ0n) is 18.7. The molecule has 4 aromatic rings. The summed E-state index contributed by atoms with van der Waals surface area (Å²) in [6.45, 7) is 0.290. The quantitative estimate of drug-likeness (QED) is 0.322. The van der Waals surface area contributed by atoms with E-state index in [4.69, 9.17) is 0 Å². The fourth-order valence-corrected chi connectivity index (χ4v) is 6.60. The van der Waals surface area contributed by atoms with E-state index in [9.17, 15) is 18.0 Å². The topological polar surface area (TPSA) is 37.3 Å². The average molecular weight is 494 g/mol. The molecule has 1 atom stereocenters. The van der Waals surface area contributed by atoms with Crippen LogP contribution in [0.25, 0.3) is 5.00 Å². The fourth-order valence-electron chi connectivity index (χ4n) is 5.19. The van der Waals surface area contributed by atoms with Crippen molar-refractivity contribution >= 4 is 23.1 Å². The average Bonchev–Trinajstić information content (AvgIpc) is 3.42. The summed E-state index contributed by atoms with van der Waals surface area (Å²) in [5.74, 6) is -1.98. The third-order valence-corrected chi connectivity index (χ3v) is 8.11. The van der Waals surface area contributed by atoms with E-state index in [0.717, 1.165) is 54.1 Å². The summed E-state index contributed by atoms with van der Waals surface area (Å²) < 4.78 is 44.3. The molecular formula is C27H22F3N3OS. The molecule has 2 amide bonds. The molecule has 0 bridgehead atoms. The summed E-state index contributed by atoms with van der Waals surface area (Å²) in [4.78, 5) is 16.7. The Bertz CT molecular complexity index is 1440. The number of benzene rings is 2. The number of urea groups is 1. The van der Waals surface area contributed by atoms with Crippen molar-refractivity contribution in [3.05, 3.63) is 106 Å². The maximum Gasteiger partial charge on any atom is 0.323 e. The highest BCUT2D eigenvalue weighted by Crippen LogP contribution is 2.44. The molecular weight excluding hydrogens is 471 g/mol. The number of anilines is 1. The molecule has 0 unspecified atom stereocenters. The first-order valence-electron chi connectivity index (χ1n) is 11.6. The molecule has 35 heavy (non-hydrogen) atoms. The van der Waals surface area contributed by atoms with Gasteiger partial charge in [-0.25, -0.2) is 18.0 Å². The number of nitrogens with zero attached hydrogens (tertiary/aromatic N) is 2. The second-order valence-electron chi connectivity index (χ2n) is 8.94. The number of aryl methyl sites for hydroxylation is 1. The molecule has 6 rings (SSSR count). The van der Waals surface area contributed by atoms with Crippen molar-refractivity contribution in [1.29, 1.82) is 0 Å². The number of hydrogen-bond donors (Lipinski definition) is 1. The van der Waals surface area contributed by atoms with Crippen molar-refractivity contribution in [2.24, 2.45) is 0 Å². The van der Waals surface area contributed by atoms with Crippen molar-refractivity contribution in [1.82, 2.24) is 9.47 Å². The Balaban J connectivity index is 1.50. The number of aromatic nitrogens is 1. The van der Waals surface area contributed by atoms with Crippen LogP contribution in [-0.4, -0.2) is 15.5 Å². The largest absolute Gasteiger partial charge is 0.323 e. The minimum absolute atomic E-state index is 0.110. The molecule has 8 heteroatoms. The number of rotatable bonds is 2. The van der Waals surface area contributed by atoms with Crippen LogP contribution in [0.2, 0.25) is 0 Å². The van der Waals surface area contributed by atoms with Gasteiger partial charge in [0.2, 0.25) is 0 Å². The minimum atomic E-state index is -0.854. The first kappa shape index (κ1) is 22.0. The highest BCUT2D eigenvalue weighted by atomic mass is 32.1. The molecule has 1 aliphatic carbocycles. The number of hydrogen-bond acceptors (Lipinski definition) is 2. The van der Waals surface area contributed by atoms with Gasteiger partial charge in [0.05, 0.1) is 24.0 Å². The Morgan fingerprint density at radius 3 is 2.60 bits per heavy atom. The van der Waals surface area contributed by atoms with Crippen molar-refractivity contribution in [3.8, 4) is 5.00 Å². The molecule has 0 spiro atoms. The first-order chi connectivity index (χ1) is 17.0. The summed E-state index contributed by atoms with van der Waals surface area (Å²) >= 11 is 1.75. The highest BCUT2D eigenvalue weighted by Gasteiger charge is 2.36. The van der Waals surface area contributed by atoms with Crippen LogP contribution >= 0.6 is 11.3 Å². The van der Waals surface area contributed by atoms with Crippen molar-refractivity contribution in [3.63, 3.8) is 0 Å². The van der Waals surface area contributed by atoms with Gasteiger partial charge in [-0.2, -0.15) is 0 Å². The molecule has 0 radical (unpaired) electrons. The van der Waals surface area contributed by atoms with Crippen LogP contribution in [0.1, 0.15) is 46.1 Å². The van der Waals surface area contributed by atoms with Crippen LogP contribution in [-0.2, 0) is 19.4 Å². The number of fused-ring (bicyclic) bond motifs is 5. The molecule has 2 aliphatic rings. The summed E-state index contributed by atoms with van der Waals surface area (Å²) in [7, 11) is 0. The second kappa shape index (κ2) is 8.61. The van der Waals surface area contributed by atoms with Crippen molar-refractivity contribution in [2.75, 3.05) is 5.32 Å². The molecule has 1 aliphatic heterocycles. The van der Waals surface area contributed by atoms with E-state index >= 15 is 0 Å². The van der Waals surface area contributed by atoms with Crippen LogP contribution in [0.5, 0.6) is 0 Å². The van der Waals surface area contributed by atoms with Crippen LogP contribution in [0.15, 0.2) is 60.8 Å². The van der Waals surface area contributed by atoms with E-state index < -0.39 is 29.5 Å². The van der Waals surface area contributed by atoms with Crippen molar-refractivity contribution in [2.45, 2.75) is 38.3 Å². The highest BCUT2D eigenvalue weighted by molar-refractivity contribution is 7.15. The lowest BCUT2D eigenvalue weighted by molar-refractivity contribution is 0.194. The van der Waals surface area contributed by atoms with Gasteiger partial charge < -0.3 is 14.8 Å². The van der Waals surface area contributed by atoms with Crippen LogP contribution in [0.3, 0.4) is 0 Å². The Hall–Kier alpha value is -3.52. The number of carbonyl (C=O) groups excluding carboxylic acids is 1. The summed E-state index contributed by atoms with van der Waals surface area (Å²) in [6, 6.07) is 12.0. The number of amides is 2. The Morgan fingerprint density at radius 1 is 0.943 bits per heavy atom. The molecule has 2 aromatic heterocycles. The number of nitrogens with one attached hydrogen (secondary N) is 1. The molecule has 0 fully saturated rings. The lowest BCUT2D eigenvalue weighted by atomic mass is 9.95. The van der Waals surface area contributed by atoms with Gasteiger partial charge in [0.15, 0.2) is 0 Å². The van der Waals surface area contributed by atoms with Crippen LogP contribution in [0, 0.1) is 17.5 Å². The predicted molar refractivity (Wildman–Crippen MR) is 129 cm³/mol. The van der Waals surface area contributed by atoms with Gasteiger partial charge in [-0.05, 0) is 73.2 Å². The number of carbonyl (C=O) groups is 1. The molecule has 0 saturated heterocycles. The summed E-state index contributed by atoms with van der Waals surface area (Å²) in [5.41, 5.74) is 3.69.